The van der Waals surface area contributed by atoms with Crippen LogP contribution in [0.2, 0.25) is 0 Å². The van der Waals surface area contributed by atoms with Crippen LogP contribution in [0.5, 0.6) is 0 Å². The highest BCUT2D eigenvalue weighted by molar-refractivity contribution is 6.01. The van der Waals surface area contributed by atoms with E-state index in [-0.39, 0.29) is 12.5 Å². The minimum atomic E-state index is -0.443. The maximum atomic E-state index is 12.1. The molecule has 0 radical (unpaired) electrons. The number of aryl methyl sites for hydroxylation is 1. The Balaban J connectivity index is 1.97. The van der Waals surface area contributed by atoms with Crippen LogP contribution >= 0.6 is 0 Å². The molecule has 0 spiro atoms. The molecule has 3 N–H and O–H groups in total. The molecule has 0 saturated carbocycles. The summed E-state index contributed by atoms with van der Waals surface area (Å²) in [5, 5.41) is 2.77. The number of carbonyl (C=O) groups excluding carboxylic acids is 2. The first-order valence-electron chi connectivity index (χ1n) is 7.50. The summed E-state index contributed by atoms with van der Waals surface area (Å²) in [6, 6.07) is 14.2. The molecule has 5 heteroatoms. The van der Waals surface area contributed by atoms with Gasteiger partial charge in [-0.25, -0.2) is 4.79 Å². The Morgan fingerprint density at radius 2 is 1.78 bits per heavy atom. The van der Waals surface area contributed by atoms with Crippen LogP contribution in [-0.2, 0) is 16.0 Å². The van der Waals surface area contributed by atoms with Gasteiger partial charge in [-0.3, -0.25) is 4.79 Å². The van der Waals surface area contributed by atoms with Crippen LogP contribution in [0, 0.1) is 0 Å². The van der Waals surface area contributed by atoms with Gasteiger partial charge in [-0.15, -0.1) is 0 Å². The molecule has 0 aromatic heterocycles. The van der Waals surface area contributed by atoms with Gasteiger partial charge < -0.3 is 15.8 Å². The van der Waals surface area contributed by atoms with Crippen molar-refractivity contribution in [3.63, 3.8) is 0 Å². The normalized spacial score (nSPS) is 10.1. The van der Waals surface area contributed by atoms with Crippen molar-refractivity contribution < 1.29 is 14.3 Å². The molecule has 120 valence electrons. The summed E-state index contributed by atoms with van der Waals surface area (Å²) in [6.07, 6.45) is 0.925. The number of nitrogen functional groups attached to an aromatic ring is 1. The molecule has 0 fully saturated rings. The Bertz CT molecular complexity index is 681. The third kappa shape index (κ3) is 4.85. The van der Waals surface area contributed by atoms with Gasteiger partial charge in [0.1, 0.15) is 0 Å². The van der Waals surface area contributed by atoms with E-state index in [0.29, 0.717) is 29.8 Å². The summed E-state index contributed by atoms with van der Waals surface area (Å²) in [7, 11) is 0. The first-order valence-corrected chi connectivity index (χ1v) is 7.50. The van der Waals surface area contributed by atoms with E-state index in [1.54, 1.807) is 31.2 Å². The van der Waals surface area contributed by atoms with Gasteiger partial charge in [0.25, 0.3) is 0 Å². The molecule has 0 unspecified atom stereocenters. The van der Waals surface area contributed by atoms with Gasteiger partial charge in [-0.1, -0.05) is 24.3 Å². The van der Waals surface area contributed by atoms with E-state index in [9.17, 15) is 9.59 Å². The fourth-order valence-corrected chi connectivity index (χ4v) is 2.13. The van der Waals surface area contributed by atoms with E-state index in [1.807, 2.05) is 24.3 Å². The number of para-hydroxylation sites is 1. The summed E-state index contributed by atoms with van der Waals surface area (Å²) < 4.78 is 4.99. The smallest absolute Gasteiger partial charge is 0.340 e. The molecule has 5 nitrogen and oxygen atoms in total. The minimum absolute atomic E-state index is 0.154. The van der Waals surface area contributed by atoms with Crippen LogP contribution in [0.3, 0.4) is 0 Å². The molecule has 2 rings (SSSR count). The average molecular weight is 312 g/mol. The first-order chi connectivity index (χ1) is 11.1. The molecule has 0 aliphatic rings. The Morgan fingerprint density at radius 3 is 2.48 bits per heavy atom. The molecule has 0 aliphatic carbocycles. The lowest BCUT2D eigenvalue weighted by molar-refractivity contribution is -0.116. The number of anilines is 2. The number of hydrogen-bond acceptors (Lipinski definition) is 4. The quantitative estimate of drug-likeness (QED) is 0.634. The van der Waals surface area contributed by atoms with Crippen LogP contribution < -0.4 is 11.1 Å². The highest BCUT2D eigenvalue weighted by Crippen LogP contribution is 2.17. The van der Waals surface area contributed by atoms with E-state index in [1.165, 1.54) is 0 Å². The summed E-state index contributed by atoms with van der Waals surface area (Å²) >= 11 is 0. The van der Waals surface area contributed by atoms with E-state index >= 15 is 0 Å². The summed E-state index contributed by atoms with van der Waals surface area (Å²) in [4.78, 5) is 24.0. The van der Waals surface area contributed by atoms with Crippen molar-refractivity contribution in [1.82, 2.24) is 0 Å². The van der Waals surface area contributed by atoms with Crippen molar-refractivity contribution >= 4 is 23.3 Å². The molecule has 0 aliphatic heterocycles. The fourth-order valence-electron chi connectivity index (χ4n) is 2.13. The van der Waals surface area contributed by atoms with Crippen molar-refractivity contribution in [2.24, 2.45) is 0 Å². The lowest BCUT2D eigenvalue weighted by Crippen LogP contribution is -2.16. The number of hydrogen-bond donors (Lipinski definition) is 2. The molecule has 1 amide bonds. The summed E-state index contributed by atoms with van der Waals surface area (Å²) in [6.45, 7) is 2.03. The number of benzene rings is 2. The maximum absolute atomic E-state index is 12.1. The molecular formula is C18H20N2O3. The zero-order chi connectivity index (χ0) is 16.7. The van der Waals surface area contributed by atoms with Gasteiger partial charge >= 0.3 is 5.97 Å². The van der Waals surface area contributed by atoms with Gasteiger partial charge in [0, 0.05) is 12.1 Å². The van der Waals surface area contributed by atoms with Crippen molar-refractivity contribution in [2.75, 3.05) is 17.7 Å². The van der Waals surface area contributed by atoms with Gasteiger partial charge in [0.05, 0.1) is 17.9 Å². The number of rotatable bonds is 6. The van der Waals surface area contributed by atoms with Crippen LogP contribution in [0.4, 0.5) is 11.4 Å². The van der Waals surface area contributed by atoms with E-state index in [4.69, 9.17) is 10.5 Å². The highest BCUT2D eigenvalue weighted by atomic mass is 16.5. The van der Waals surface area contributed by atoms with Crippen molar-refractivity contribution in [3.8, 4) is 0 Å². The molecule has 23 heavy (non-hydrogen) atoms. The molecular weight excluding hydrogens is 292 g/mol. The number of nitrogens with two attached hydrogens (primary N) is 1. The molecule has 0 atom stereocenters. The van der Waals surface area contributed by atoms with Crippen LogP contribution in [0.25, 0.3) is 0 Å². The molecule has 2 aromatic carbocycles. The van der Waals surface area contributed by atoms with Gasteiger partial charge in [-0.2, -0.15) is 0 Å². The van der Waals surface area contributed by atoms with E-state index in [0.717, 1.165) is 5.56 Å². The van der Waals surface area contributed by atoms with Crippen LogP contribution in [0.1, 0.15) is 29.3 Å². The zero-order valence-corrected chi connectivity index (χ0v) is 13.0. The van der Waals surface area contributed by atoms with Crippen molar-refractivity contribution in [3.05, 3.63) is 59.7 Å². The number of amides is 1. The number of carbonyl (C=O) groups is 2. The third-order valence-corrected chi connectivity index (χ3v) is 3.32. The zero-order valence-electron chi connectivity index (χ0n) is 13.0. The fraction of sp³-hybridized carbons (Fsp3) is 0.222. The number of nitrogens with one attached hydrogen (secondary N) is 1. The lowest BCUT2D eigenvalue weighted by atomic mass is 10.1. The topological polar surface area (TPSA) is 81.4 Å². The van der Waals surface area contributed by atoms with E-state index < -0.39 is 5.97 Å². The Labute approximate surface area is 135 Å². The average Bonchev–Trinajstić information content (AvgIpc) is 2.55. The molecule has 0 heterocycles. The van der Waals surface area contributed by atoms with E-state index in [2.05, 4.69) is 5.32 Å². The first kappa shape index (κ1) is 16.5. The second-order valence-electron chi connectivity index (χ2n) is 5.06. The lowest BCUT2D eigenvalue weighted by Gasteiger charge is -2.10. The SMILES string of the molecule is CCOC(=O)c1ccccc1NC(=O)CCc1ccc(N)cc1. The van der Waals surface area contributed by atoms with Crippen LogP contribution in [-0.4, -0.2) is 18.5 Å². The predicted molar refractivity (Wildman–Crippen MR) is 90.2 cm³/mol. The minimum Gasteiger partial charge on any atom is -0.462 e. The second kappa shape index (κ2) is 7.98. The maximum Gasteiger partial charge on any atom is 0.340 e. The standard InChI is InChI=1S/C18H20N2O3/c1-2-23-18(22)15-5-3-4-6-16(15)20-17(21)12-9-13-7-10-14(19)11-8-13/h3-8,10-11H,2,9,12,19H2,1H3,(H,20,21). The van der Waals surface area contributed by atoms with Crippen molar-refractivity contribution in [2.45, 2.75) is 19.8 Å². The molecule has 0 saturated heterocycles. The van der Waals surface area contributed by atoms with Crippen molar-refractivity contribution in [1.29, 1.82) is 0 Å². The monoisotopic (exact) mass is 312 g/mol. The third-order valence-electron chi connectivity index (χ3n) is 3.32. The Morgan fingerprint density at radius 1 is 1.09 bits per heavy atom. The van der Waals surface area contributed by atoms with Gasteiger partial charge in [-0.05, 0) is 43.2 Å². The van der Waals surface area contributed by atoms with Gasteiger partial charge in [0.2, 0.25) is 5.91 Å². The molecule has 2 aromatic rings. The number of esters is 1. The van der Waals surface area contributed by atoms with Crippen LogP contribution in [0.15, 0.2) is 48.5 Å². The highest BCUT2D eigenvalue weighted by Gasteiger charge is 2.13. The second-order valence-corrected chi connectivity index (χ2v) is 5.06. The Kier molecular flexibility index (Phi) is 5.74. The number of ether oxygens (including phenoxy) is 1. The largest absolute Gasteiger partial charge is 0.462 e. The predicted octanol–water partition coefficient (Wildman–Crippen LogP) is 3.02. The summed E-state index contributed by atoms with van der Waals surface area (Å²) in [5.41, 5.74) is 8.19. The molecule has 0 bridgehead atoms. The summed E-state index contributed by atoms with van der Waals surface area (Å²) in [5.74, 6) is -0.597. The van der Waals surface area contributed by atoms with Gasteiger partial charge in [0.15, 0.2) is 0 Å². The Hall–Kier alpha value is -2.82.